The summed E-state index contributed by atoms with van der Waals surface area (Å²) < 4.78 is 33.5. The van der Waals surface area contributed by atoms with Crippen molar-refractivity contribution in [3.63, 3.8) is 0 Å². The van der Waals surface area contributed by atoms with Crippen LogP contribution in [-0.4, -0.2) is 25.8 Å². The molecule has 0 bridgehead atoms. The second-order valence-corrected chi connectivity index (χ2v) is 6.63. The molecule has 0 spiro atoms. The standard InChI is InChI=1S/C14H15NO5S/c1-9-12(10(2)20-15-9)8-19-14(16)11-6-4-5-7-13(11)21(3,17)18/h4-7H,8H2,1-3H3. The van der Waals surface area contributed by atoms with Crippen LogP contribution in [0.25, 0.3) is 0 Å². The molecule has 0 amide bonds. The SMILES string of the molecule is Cc1noc(C)c1COC(=O)c1ccccc1S(C)(=O)=O. The summed E-state index contributed by atoms with van der Waals surface area (Å²) in [4.78, 5) is 12.0. The first kappa shape index (κ1) is 15.2. The van der Waals surface area contributed by atoms with E-state index < -0.39 is 15.8 Å². The fraction of sp³-hybridized carbons (Fsp3) is 0.286. The van der Waals surface area contributed by atoms with E-state index in [2.05, 4.69) is 5.16 Å². The summed E-state index contributed by atoms with van der Waals surface area (Å²) in [5, 5.41) is 3.76. The van der Waals surface area contributed by atoms with E-state index in [-0.39, 0.29) is 17.1 Å². The molecule has 0 unspecified atom stereocenters. The quantitative estimate of drug-likeness (QED) is 0.803. The number of nitrogens with zero attached hydrogens (tertiary/aromatic N) is 1. The summed E-state index contributed by atoms with van der Waals surface area (Å²) in [5.41, 5.74) is 1.34. The number of aryl methyl sites for hydroxylation is 2. The fourth-order valence-corrected chi connectivity index (χ4v) is 2.76. The van der Waals surface area contributed by atoms with E-state index in [9.17, 15) is 13.2 Å². The number of esters is 1. The van der Waals surface area contributed by atoms with Crippen LogP contribution < -0.4 is 0 Å². The van der Waals surface area contributed by atoms with Gasteiger partial charge in [-0.15, -0.1) is 0 Å². The van der Waals surface area contributed by atoms with Crippen molar-refractivity contribution in [2.45, 2.75) is 25.3 Å². The van der Waals surface area contributed by atoms with Gasteiger partial charge in [0.15, 0.2) is 9.84 Å². The third kappa shape index (κ3) is 3.30. The van der Waals surface area contributed by atoms with Gasteiger partial charge in [0.05, 0.1) is 21.7 Å². The van der Waals surface area contributed by atoms with Crippen molar-refractivity contribution in [2.24, 2.45) is 0 Å². The highest BCUT2D eigenvalue weighted by Crippen LogP contribution is 2.18. The van der Waals surface area contributed by atoms with E-state index in [0.29, 0.717) is 17.0 Å². The Morgan fingerprint density at radius 2 is 1.95 bits per heavy atom. The van der Waals surface area contributed by atoms with Crippen molar-refractivity contribution in [2.75, 3.05) is 6.26 Å². The van der Waals surface area contributed by atoms with Crippen LogP contribution in [0.1, 0.15) is 27.4 Å². The van der Waals surface area contributed by atoms with Gasteiger partial charge in [-0.1, -0.05) is 17.3 Å². The minimum absolute atomic E-state index is 0.0158. The average Bonchev–Trinajstić information content (AvgIpc) is 2.74. The van der Waals surface area contributed by atoms with Crippen LogP contribution in [0.3, 0.4) is 0 Å². The predicted molar refractivity (Wildman–Crippen MR) is 74.6 cm³/mol. The number of hydrogen-bond acceptors (Lipinski definition) is 6. The number of rotatable bonds is 4. The number of benzene rings is 1. The Morgan fingerprint density at radius 3 is 2.52 bits per heavy atom. The first-order valence-corrected chi connectivity index (χ1v) is 8.08. The monoisotopic (exact) mass is 309 g/mol. The van der Waals surface area contributed by atoms with Gasteiger partial charge in [-0.05, 0) is 26.0 Å². The van der Waals surface area contributed by atoms with Gasteiger partial charge >= 0.3 is 5.97 Å². The molecule has 0 fully saturated rings. The molecule has 0 aliphatic heterocycles. The van der Waals surface area contributed by atoms with Crippen LogP contribution in [0.15, 0.2) is 33.7 Å². The summed E-state index contributed by atoms with van der Waals surface area (Å²) in [5.74, 6) is -0.132. The summed E-state index contributed by atoms with van der Waals surface area (Å²) in [7, 11) is -3.50. The molecule has 21 heavy (non-hydrogen) atoms. The van der Waals surface area contributed by atoms with Gasteiger partial charge in [-0.25, -0.2) is 13.2 Å². The van der Waals surface area contributed by atoms with Gasteiger partial charge in [-0.2, -0.15) is 0 Å². The number of carbonyl (C=O) groups excluding carboxylic acids is 1. The Labute approximate surface area is 122 Å². The topological polar surface area (TPSA) is 86.5 Å². The van der Waals surface area contributed by atoms with E-state index in [1.165, 1.54) is 12.1 Å². The lowest BCUT2D eigenvalue weighted by Crippen LogP contribution is -2.11. The Kier molecular flexibility index (Phi) is 4.13. The Morgan fingerprint density at radius 1 is 1.29 bits per heavy atom. The lowest BCUT2D eigenvalue weighted by atomic mass is 10.2. The zero-order valence-corrected chi connectivity index (χ0v) is 12.7. The fourth-order valence-electron chi connectivity index (χ4n) is 1.88. The maximum atomic E-state index is 12.1. The molecule has 2 rings (SSSR count). The Hall–Kier alpha value is -2.15. The maximum Gasteiger partial charge on any atom is 0.339 e. The van der Waals surface area contributed by atoms with Crippen molar-refractivity contribution < 1.29 is 22.5 Å². The molecular weight excluding hydrogens is 294 g/mol. The lowest BCUT2D eigenvalue weighted by Gasteiger charge is -2.08. The number of hydrogen-bond donors (Lipinski definition) is 0. The Bertz CT molecular complexity index is 757. The largest absolute Gasteiger partial charge is 0.457 e. The molecule has 112 valence electrons. The van der Waals surface area contributed by atoms with E-state index in [4.69, 9.17) is 9.26 Å². The van der Waals surface area contributed by atoms with Gasteiger partial charge in [0, 0.05) is 6.26 Å². The van der Waals surface area contributed by atoms with E-state index in [1.54, 1.807) is 26.0 Å². The van der Waals surface area contributed by atoms with Crippen molar-refractivity contribution in [1.82, 2.24) is 5.16 Å². The van der Waals surface area contributed by atoms with Gasteiger partial charge in [0.1, 0.15) is 12.4 Å². The van der Waals surface area contributed by atoms with E-state index in [0.717, 1.165) is 6.26 Å². The van der Waals surface area contributed by atoms with Crippen LogP contribution in [-0.2, 0) is 21.2 Å². The number of carbonyl (C=O) groups is 1. The maximum absolute atomic E-state index is 12.1. The molecule has 7 heteroatoms. The third-order valence-electron chi connectivity index (χ3n) is 3.04. The number of sulfone groups is 1. The van der Waals surface area contributed by atoms with Crippen molar-refractivity contribution in [3.05, 3.63) is 46.8 Å². The molecule has 1 heterocycles. The van der Waals surface area contributed by atoms with Crippen LogP contribution in [0, 0.1) is 13.8 Å². The molecule has 0 aliphatic carbocycles. The van der Waals surface area contributed by atoms with E-state index in [1.807, 2.05) is 0 Å². The lowest BCUT2D eigenvalue weighted by molar-refractivity contribution is 0.0466. The average molecular weight is 309 g/mol. The van der Waals surface area contributed by atoms with Gasteiger partial charge < -0.3 is 9.26 Å². The minimum atomic E-state index is -3.50. The molecular formula is C14H15NO5S. The van der Waals surface area contributed by atoms with Crippen molar-refractivity contribution >= 4 is 15.8 Å². The zero-order chi connectivity index (χ0) is 15.6. The molecule has 0 radical (unpaired) electrons. The van der Waals surface area contributed by atoms with Gasteiger partial charge in [0.2, 0.25) is 0 Å². The molecule has 2 aromatic rings. The predicted octanol–water partition coefficient (Wildman–Crippen LogP) is 2.05. The molecule has 0 saturated carbocycles. The summed E-state index contributed by atoms with van der Waals surface area (Å²) >= 11 is 0. The summed E-state index contributed by atoms with van der Waals surface area (Å²) in [6.07, 6.45) is 1.05. The van der Waals surface area contributed by atoms with Gasteiger partial charge in [-0.3, -0.25) is 0 Å². The minimum Gasteiger partial charge on any atom is -0.457 e. The number of aromatic nitrogens is 1. The molecule has 1 aromatic heterocycles. The molecule has 0 aliphatic rings. The Balaban J connectivity index is 2.23. The third-order valence-corrected chi connectivity index (χ3v) is 4.19. The normalized spacial score (nSPS) is 11.4. The van der Waals surface area contributed by atoms with Crippen LogP contribution in [0.5, 0.6) is 0 Å². The molecule has 0 N–H and O–H groups in total. The van der Waals surface area contributed by atoms with Crippen molar-refractivity contribution in [3.8, 4) is 0 Å². The zero-order valence-electron chi connectivity index (χ0n) is 11.9. The highest BCUT2D eigenvalue weighted by Gasteiger charge is 2.20. The van der Waals surface area contributed by atoms with Crippen LogP contribution in [0.4, 0.5) is 0 Å². The highest BCUT2D eigenvalue weighted by molar-refractivity contribution is 7.90. The highest BCUT2D eigenvalue weighted by atomic mass is 32.2. The summed E-state index contributed by atoms with van der Waals surface area (Å²) in [6, 6.07) is 5.94. The second-order valence-electron chi connectivity index (χ2n) is 4.65. The molecule has 1 aromatic carbocycles. The van der Waals surface area contributed by atoms with E-state index >= 15 is 0 Å². The first-order valence-electron chi connectivity index (χ1n) is 6.18. The summed E-state index contributed by atoms with van der Waals surface area (Å²) in [6.45, 7) is 3.44. The van der Waals surface area contributed by atoms with Crippen LogP contribution in [0.2, 0.25) is 0 Å². The molecule has 0 atom stereocenters. The number of ether oxygens (including phenoxy) is 1. The smallest absolute Gasteiger partial charge is 0.339 e. The van der Waals surface area contributed by atoms with Gasteiger partial charge in [0.25, 0.3) is 0 Å². The second kappa shape index (κ2) is 5.69. The molecule has 6 nitrogen and oxygen atoms in total. The first-order chi connectivity index (χ1) is 9.80. The van der Waals surface area contributed by atoms with Crippen LogP contribution >= 0.6 is 0 Å². The molecule has 0 saturated heterocycles. The van der Waals surface area contributed by atoms with Crippen molar-refractivity contribution in [1.29, 1.82) is 0 Å².